The average Bonchev–Trinajstić information content (AvgIpc) is 2.34. The van der Waals surface area contributed by atoms with Crippen molar-refractivity contribution in [1.29, 1.82) is 0 Å². The minimum atomic E-state index is 0.844. The number of nitrogens with zero attached hydrogens (tertiary/aromatic N) is 2. The fraction of sp³-hybridized carbons (Fsp3) is 0.286. The molecule has 1 aromatic carbocycles. The van der Waals surface area contributed by atoms with Crippen molar-refractivity contribution in [3.05, 3.63) is 41.7 Å². The molecule has 0 saturated heterocycles. The van der Waals surface area contributed by atoms with Crippen LogP contribution in [-0.2, 0) is 0 Å². The number of aromatic nitrogens is 2. The molecule has 1 heterocycles. The van der Waals surface area contributed by atoms with Gasteiger partial charge in [0, 0.05) is 24.5 Å². The molecular formula is C14H17N3. The number of benzene rings is 1. The van der Waals surface area contributed by atoms with E-state index >= 15 is 0 Å². The highest BCUT2D eigenvalue weighted by Gasteiger charge is 2.09. The van der Waals surface area contributed by atoms with Gasteiger partial charge >= 0.3 is 0 Å². The molecule has 1 N–H and O–H groups in total. The second kappa shape index (κ2) is 4.95. The molecule has 3 heteroatoms. The van der Waals surface area contributed by atoms with Gasteiger partial charge in [0.2, 0.25) is 0 Å². The lowest BCUT2D eigenvalue weighted by atomic mass is 10.0. The molecule has 0 unspecified atom stereocenters. The molecular weight excluding hydrogens is 210 g/mol. The molecule has 2 aromatic rings. The van der Waals surface area contributed by atoms with Gasteiger partial charge in [-0.25, -0.2) is 4.98 Å². The van der Waals surface area contributed by atoms with Crippen LogP contribution in [0.15, 0.2) is 30.6 Å². The first kappa shape index (κ1) is 11.6. The lowest BCUT2D eigenvalue weighted by molar-refractivity contribution is 1.12. The Balaban J connectivity index is 2.55. The fourth-order valence-electron chi connectivity index (χ4n) is 1.82. The maximum absolute atomic E-state index is 4.44. The number of aryl methyl sites for hydroxylation is 2. The molecule has 0 amide bonds. The SMILES string of the molecule is CCNc1nccnc1-c1cc(C)ccc1C. The van der Waals surface area contributed by atoms with Gasteiger partial charge in [-0.15, -0.1) is 0 Å². The lowest BCUT2D eigenvalue weighted by Gasteiger charge is -2.11. The van der Waals surface area contributed by atoms with Crippen LogP contribution >= 0.6 is 0 Å². The summed E-state index contributed by atoms with van der Waals surface area (Å²) in [5.74, 6) is 0.851. The Bertz CT molecular complexity index is 521. The maximum Gasteiger partial charge on any atom is 0.152 e. The topological polar surface area (TPSA) is 37.8 Å². The Morgan fingerprint density at radius 3 is 2.65 bits per heavy atom. The van der Waals surface area contributed by atoms with Gasteiger partial charge in [-0.2, -0.15) is 0 Å². The van der Waals surface area contributed by atoms with E-state index in [9.17, 15) is 0 Å². The molecule has 3 nitrogen and oxygen atoms in total. The molecule has 0 radical (unpaired) electrons. The molecule has 0 fully saturated rings. The van der Waals surface area contributed by atoms with Crippen molar-refractivity contribution in [3.63, 3.8) is 0 Å². The highest BCUT2D eigenvalue weighted by atomic mass is 15.0. The van der Waals surface area contributed by atoms with E-state index in [4.69, 9.17) is 0 Å². The van der Waals surface area contributed by atoms with Gasteiger partial charge in [-0.05, 0) is 32.4 Å². The largest absolute Gasteiger partial charge is 0.369 e. The van der Waals surface area contributed by atoms with Crippen LogP contribution < -0.4 is 5.32 Å². The highest BCUT2D eigenvalue weighted by Crippen LogP contribution is 2.27. The van der Waals surface area contributed by atoms with E-state index in [2.05, 4.69) is 54.3 Å². The summed E-state index contributed by atoms with van der Waals surface area (Å²) in [5.41, 5.74) is 4.53. The molecule has 0 aliphatic rings. The van der Waals surface area contributed by atoms with Crippen molar-refractivity contribution in [2.24, 2.45) is 0 Å². The van der Waals surface area contributed by atoms with Crippen molar-refractivity contribution >= 4 is 5.82 Å². The molecule has 2 rings (SSSR count). The Labute approximate surface area is 102 Å². The quantitative estimate of drug-likeness (QED) is 0.875. The summed E-state index contributed by atoms with van der Waals surface area (Å²) in [4.78, 5) is 8.79. The van der Waals surface area contributed by atoms with E-state index in [0.29, 0.717) is 0 Å². The summed E-state index contributed by atoms with van der Waals surface area (Å²) in [6, 6.07) is 6.39. The second-order valence-corrected chi connectivity index (χ2v) is 4.10. The Kier molecular flexibility index (Phi) is 3.38. The van der Waals surface area contributed by atoms with E-state index in [1.807, 2.05) is 0 Å². The molecule has 0 bridgehead atoms. The molecule has 0 saturated carbocycles. The van der Waals surface area contributed by atoms with Gasteiger partial charge < -0.3 is 5.32 Å². The van der Waals surface area contributed by atoms with Crippen molar-refractivity contribution in [2.75, 3.05) is 11.9 Å². The number of hydrogen-bond donors (Lipinski definition) is 1. The summed E-state index contributed by atoms with van der Waals surface area (Å²) >= 11 is 0. The van der Waals surface area contributed by atoms with E-state index in [1.165, 1.54) is 11.1 Å². The summed E-state index contributed by atoms with van der Waals surface area (Å²) in [7, 11) is 0. The zero-order chi connectivity index (χ0) is 12.3. The van der Waals surface area contributed by atoms with Crippen LogP contribution in [0.25, 0.3) is 11.3 Å². The first-order chi connectivity index (χ1) is 8.22. The van der Waals surface area contributed by atoms with Crippen molar-refractivity contribution < 1.29 is 0 Å². The van der Waals surface area contributed by atoms with Crippen LogP contribution in [0.3, 0.4) is 0 Å². The van der Waals surface area contributed by atoms with Crippen LogP contribution in [0.4, 0.5) is 5.82 Å². The molecule has 0 spiro atoms. The minimum absolute atomic E-state index is 0.844. The third-order valence-corrected chi connectivity index (χ3v) is 2.69. The normalized spacial score (nSPS) is 10.3. The van der Waals surface area contributed by atoms with Crippen LogP contribution in [0, 0.1) is 13.8 Å². The Hall–Kier alpha value is -1.90. The van der Waals surface area contributed by atoms with E-state index in [1.54, 1.807) is 12.4 Å². The lowest BCUT2D eigenvalue weighted by Crippen LogP contribution is -2.03. The van der Waals surface area contributed by atoms with Crippen LogP contribution in [0.5, 0.6) is 0 Å². The van der Waals surface area contributed by atoms with Crippen LogP contribution in [0.2, 0.25) is 0 Å². The first-order valence-electron chi connectivity index (χ1n) is 5.85. The van der Waals surface area contributed by atoms with Gasteiger partial charge in [-0.1, -0.05) is 17.7 Å². The number of rotatable bonds is 3. The number of nitrogens with one attached hydrogen (secondary N) is 1. The maximum atomic E-state index is 4.44. The monoisotopic (exact) mass is 227 g/mol. The average molecular weight is 227 g/mol. The van der Waals surface area contributed by atoms with Crippen molar-refractivity contribution in [1.82, 2.24) is 9.97 Å². The molecule has 0 atom stereocenters. The summed E-state index contributed by atoms with van der Waals surface area (Å²) in [6.45, 7) is 7.09. The van der Waals surface area contributed by atoms with E-state index < -0.39 is 0 Å². The zero-order valence-electron chi connectivity index (χ0n) is 10.5. The second-order valence-electron chi connectivity index (χ2n) is 4.10. The van der Waals surface area contributed by atoms with Gasteiger partial charge in [-0.3, -0.25) is 4.98 Å². The highest BCUT2D eigenvalue weighted by molar-refractivity contribution is 5.74. The summed E-state index contributed by atoms with van der Waals surface area (Å²) in [5, 5.41) is 3.25. The molecule has 88 valence electrons. The van der Waals surface area contributed by atoms with Gasteiger partial charge in [0.1, 0.15) is 5.69 Å². The number of anilines is 1. The fourth-order valence-corrected chi connectivity index (χ4v) is 1.82. The van der Waals surface area contributed by atoms with Crippen LogP contribution in [0.1, 0.15) is 18.1 Å². The molecule has 17 heavy (non-hydrogen) atoms. The van der Waals surface area contributed by atoms with Gasteiger partial charge in [0.05, 0.1) is 0 Å². The first-order valence-corrected chi connectivity index (χ1v) is 5.85. The molecule has 1 aromatic heterocycles. The molecule has 0 aliphatic heterocycles. The zero-order valence-corrected chi connectivity index (χ0v) is 10.5. The third-order valence-electron chi connectivity index (χ3n) is 2.69. The minimum Gasteiger partial charge on any atom is -0.369 e. The standard InChI is InChI=1S/C14H17N3/c1-4-15-14-13(16-7-8-17-14)12-9-10(2)5-6-11(12)3/h5-9H,4H2,1-3H3,(H,15,17). The summed E-state index contributed by atoms with van der Waals surface area (Å²) < 4.78 is 0. The van der Waals surface area contributed by atoms with Gasteiger partial charge in [0.15, 0.2) is 5.82 Å². The van der Waals surface area contributed by atoms with Crippen molar-refractivity contribution in [3.8, 4) is 11.3 Å². The summed E-state index contributed by atoms with van der Waals surface area (Å²) in [6.07, 6.45) is 3.45. The van der Waals surface area contributed by atoms with E-state index in [0.717, 1.165) is 23.6 Å². The Morgan fingerprint density at radius 1 is 1.12 bits per heavy atom. The smallest absolute Gasteiger partial charge is 0.152 e. The number of hydrogen-bond acceptors (Lipinski definition) is 3. The predicted octanol–water partition coefficient (Wildman–Crippen LogP) is 3.19. The third kappa shape index (κ3) is 2.44. The van der Waals surface area contributed by atoms with Gasteiger partial charge in [0.25, 0.3) is 0 Å². The van der Waals surface area contributed by atoms with E-state index in [-0.39, 0.29) is 0 Å². The van der Waals surface area contributed by atoms with Crippen molar-refractivity contribution in [2.45, 2.75) is 20.8 Å². The molecule has 0 aliphatic carbocycles. The van der Waals surface area contributed by atoms with Crippen LogP contribution in [-0.4, -0.2) is 16.5 Å². The Morgan fingerprint density at radius 2 is 1.88 bits per heavy atom. The predicted molar refractivity (Wildman–Crippen MR) is 71.1 cm³/mol.